The molecule has 0 radical (unpaired) electrons. The molecule has 3 nitrogen and oxygen atoms in total. The van der Waals surface area contributed by atoms with Gasteiger partial charge in [-0.25, -0.2) is 9.97 Å². The van der Waals surface area contributed by atoms with Crippen molar-refractivity contribution in [1.29, 1.82) is 0 Å². The van der Waals surface area contributed by atoms with Gasteiger partial charge in [0.15, 0.2) is 5.82 Å². The van der Waals surface area contributed by atoms with Crippen molar-refractivity contribution in [1.82, 2.24) is 15.3 Å². The SMILES string of the molecule is Cc1cc(CNC2CC2)nc(-c2ccc(C(C)C)cc2)n1. The molecule has 0 unspecified atom stereocenters. The van der Waals surface area contributed by atoms with E-state index in [1.807, 2.05) is 6.92 Å². The van der Waals surface area contributed by atoms with Gasteiger partial charge in [0.05, 0.1) is 5.69 Å². The average molecular weight is 281 g/mol. The zero-order valence-electron chi connectivity index (χ0n) is 13.1. The quantitative estimate of drug-likeness (QED) is 0.905. The van der Waals surface area contributed by atoms with E-state index < -0.39 is 0 Å². The molecule has 1 N–H and O–H groups in total. The maximum absolute atomic E-state index is 4.70. The molecule has 1 heterocycles. The molecule has 0 aliphatic heterocycles. The molecule has 3 rings (SSSR count). The normalized spacial score (nSPS) is 14.7. The summed E-state index contributed by atoms with van der Waals surface area (Å²) >= 11 is 0. The molecular formula is C18H23N3. The first-order valence-electron chi connectivity index (χ1n) is 7.80. The summed E-state index contributed by atoms with van der Waals surface area (Å²) in [6, 6.07) is 11.4. The summed E-state index contributed by atoms with van der Waals surface area (Å²) in [6.45, 7) is 7.29. The molecule has 0 atom stereocenters. The minimum Gasteiger partial charge on any atom is -0.308 e. The van der Waals surface area contributed by atoms with E-state index in [0.29, 0.717) is 12.0 Å². The van der Waals surface area contributed by atoms with E-state index in [0.717, 1.165) is 29.3 Å². The smallest absolute Gasteiger partial charge is 0.159 e. The zero-order valence-corrected chi connectivity index (χ0v) is 13.1. The Morgan fingerprint density at radius 3 is 2.48 bits per heavy atom. The number of hydrogen-bond acceptors (Lipinski definition) is 3. The molecule has 0 bridgehead atoms. The number of rotatable bonds is 5. The third kappa shape index (κ3) is 3.67. The average Bonchev–Trinajstić information content (AvgIpc) is 3.29. The van der Waals surface area contributed by atoms with Crippen LogP contribution < -0.4 is 5.32 Å². The Morgan fingerprint density at radius 2 is 1.86 bits per heavy atom. The largest absolute Gasteiger partial charge is 0.308 e. The van der Waals surface area contributed by atoms with Crippen molar-refractivity contribution in [2.24, 2.45) is 0 Å². The predicted octanol–water partition coefficient (Wildman–Crippen LogP) is 3.83. The topological polar surface area (TPSA) is 37.8 Å². The monoisotopic (exact) mass is 281 g/mol. The Kier molecular flexibility index (Phi) is 4.02. The van der Waals surface area contributed by atoms with Crippen molar-refractivity contribution >= 4 is 0 Å². The van der Waals surface area contributed by atoms with Crippen LogP contribution in [0.15, 0.2) is 30.3 Å². The molecule has 3 heteroatoms. The van der Waals surface area contributed by atoms with Gasteiger partial charge >= 0.3 is 0 Å². The molecule has 1 aliphatic carbocycles. The molecular weight excluding hydrogens is 258 g/mol. The van der Waals surface area contributed by atoms with Crippen LogP contribution in [-0.4, -0.2) is 16.0 Å². The van der Waals surface area contributed by atoms with Crippen molar-refractivity contribution in [2.45, 2.75) is 52.1 Å². The summed E-state index contributed by atoms with van der Waals surface area (Å²) in [4.78, 5) is 9.29. The van der Waals surface area contributed by atoms with Crippen LogP contribution in [-0.2, 0) is 6.54 Å². The molecule has 2 aromatic rings. The Bertz CT molecular complexity index is 613. The zero-order chi connectivity index (χ0) is 14.8. The molecule has 0 spiro atoms. The summed E-state index contributed by atoms with van der Waals surface area (Å²) in [5.41, 5.74) is 4.55. The van der Waals surface area contributed by atoms with Crippen molar-refractivity contribution in [2.75, 3.05) is 0 Å². The van der Waals surface area contributed by atoms with Gasteiger partial charge in [-0.3, -0.25) is 0 Å². The fourth-order valence-electron chi connectivity index (χ4n) is 2.41. The number of aryl methyl sites for hydroxylation is 1. The highest BCUT2D eigenvalue weighted by Gasteiger charge is 2.20. The van der Waals surface area contributed by atoms with Crippen LogP contribution in [0, 0.1) is 6.92 Å². The summed E-state index contributed by atoms with van der Waals surface area (Å²) in [5.74, 6) is 1.38. The van der Waals surface area contributed by atoms with E-state index in [4.69, 9.17) is 4.98 Å². The van der Waals surface area contributed by atoms with Crippen LogP contribution >= 0.6 is 0 Å². The summed E-state index contributed by atoms with van der Waals surface area (Å²) < 4.78 is 0. The Morgan fingerprint density at radius 1 is 1.14 bits per heavy atom. The van der Waals surface area contributed by atoms with Crippen LogP contribution in [0.2, 0.25) is 0 Å². The second-order valence-corrected chi connectivity index (χ2v) is 6.26. The molecule has 1 aromatic heterocycles. The van der Waals surface area contributed by atoms with Gasteiger partial charge in [-0.2, -0.15) is 0 Å². The third-order valence-corrected chi connectivity index (χ3v) is 3.89. The molecule has 1 saturated carbocycles. The standard InChI is InChI=1S/C18H23N3/c1-12(2)14-4-6-15(7-5-14)18-20-13(3)10-17(21-18)11-19-16-8-9-16/h4-7,10,12,16,19H,8-9,11H2,1-3H3. The van der Waals surface area contributed by atoms with Crippen LogP contribution in [0.25, 0.3) is 11.4 Å². The van der Waals surface area contributed by atoms with Gasteiger partial charge in [0.25, 0.3) is 0 Å². The Hall–Kier alpha value is -1.74. The van der Waals surface area contributed by atoms with Gasteiger partial charge in [-0.15, -0.1) is 0 Å². The molecule has 0 saturated heterocycles. The summed E-state index contributed by atoms with van der Waals surface area (Å²) in [7, 11) is 0. The van der Waals surface area contributed by atoms with Crippen LogP contribution in [0.3, 0.4) is 0 Å². The highest BCUT2D eigenvalue weighted by atomic mass is 15.0. The Balaban J connectivity index is 1.82. The van der Waals surface area contributed by atoms with Crippen molar-refractivity contribution < 1.29 is 0 Å². The lowest BCUT2D eigenvalue weighted by molar-refractivity contribution is 0.672. The second-order valence-electron chi connectivity index (χ2n) is 6.26. The highest BCUT2D eigenvalue weighted by Crippen LogP contribution is 2.22. The highest BCUT2D eigenvalue weighted by molar-refractivity contribution is 5.55. The van der Waals surface area contributed by atoms with Gasteiger partial charge in [0, 0.05) is 23.8 Å². The molecule has 0 amide bonds. The van der Waals surface area contributed by atoms with Gasteiger partial charge < -0.3 is 5.32 Å². The summed E-state index contributed by atoms with van der Waals surface area (Å²) in [6.07, 6.45) is 2.60. The molecule has 110 valence electrons. The predicted molar refractivity (Wildman–Crippen MR) is 86.2 cm³/mol. The van der Waals surface area contributed by atoms with Gasteiger partial charge in [0.2, 0.25) is 0 Å². The maximum Gasteiger partial charge on any atom is 0.159 e. The van der Waals surface area contributed by atoms with E-state index in [1.165, 1.54) is 18.4 Å². The first-order chi connectivity index (χ1) is 10.1. The molecule has 21 heavy (non-hydrogen) atoms. The van der Waals surface area contributed by atoms with Crippen molar-refractivity contribution in [3.05, 3.63) is 47.3 Å². The number of nitrogens with one attached hydrogen (secondary N) is 1. The fourth-order valence-corrected chi connectivity index (χ4v) is 2.41. The van der Waals surface area contributed by atoms with Crippen molar-refractivity contribution in [3.63, 3.8) is 0 Å². The Labute approximate surface area is 126 Å². The van der Waals surface area contributed by atoms with Crippen molar-refractivity contribution in [3.8, 4) is 11.4 Å². The molecule has 1 aromatic carbocycles. The van der Waals surface area contributed by atoms with Gasteiger partial charge in [-0.1, -0.05) is 38.1 Å². The van der Waals surface area contributed by atoms with Gasteiger partial charge in [0.1, 0.15) is 0 Å². The number of aromatic nitrogens is 2. The second kappa shape index (κ2) is 5.94. The van der Waals surface area contributed by atoms with Crippen LogP contribution in [0.1, 0.15) is 49.6 Å². The lowest BCUT2D eigenvalue weighted by Crippen LogP contribution is -2.16. The first-order valence-corrected chi connectivity index (χ1v) is 7.80. The number of hydrogen-bond donors (Lipinski definition) is 1. The van der Waals surface area contributed by atoms with E-state index in [-0.39, 0.29) is 0 Å². The minimum atomic E-state index is 0.552. The van der Waals surface area contributed by atoms with E-state index in [1.54, 1.807) is 0 Å². The number of nitrogens with zero attached hydrogens (tertiary/aromatic N) is 2. The molecule has 1 aliphatic rings. The van der Waals surface area contributed by atoms with Crippen LogP contribution in [0.4, 0.5) is 0 Å². The fraction of sp³-hybridized carbons (Fsp3) is 0.444. The first kappa shape index (κ1) is 14.2. The number of benzene rings is 1. The van der Waals surface area contributed by atoms with Gasteiger partial charge in [-0.05, 0) is 37.3 Å². The minimum absolute atomic E-state index is 0.552. The van der Waals surface area contributed by atoms with E-state index in [9.17, 15) is 0 Å². The van der Waals surface area contributed by atoms with E-state index in [2.05, 4.69) is 54.5 Å². The lowest BCUT2D eigenvalue weighted by Gasteiger charge is -2.09. The molecule has 1 fully saturated rings. The third-order valence-electron chi connectivity index (χ3n) is 3.89. The maximum atomic E-state index is 4.70. The van der Waals surface area contributed by atoms with Crippen LogP contribution in [0.5, 0.6) is 0 Å². The lowest BCUT2D eigenvalue weighted by atomic mass is 10.0. The summed E-state index contributed by atoms with van der Waals surface area (Å²) in [5, 5.41) is 3.51. The van der Waals surface area contributed by atoms with E-state index >= 15 is 0 Å².